The standard InChI is InChI=1S/C20H21NO4/c1-2-25-20(24)21-12-11-14-5-3-4-6-17(14)18(21)13-19(23)15-7-9-16(22)10-8-15/h3-10,18,22H,2,11-13H2,1H3. The van der Waals surface area contributed by atoms with Gasteiger partial charge in [0.2, 0.25) is 0 Å². The first-order valence-corrected chi connectivity index (χ1v) is 8.43. The molecule has 0 aromatic heterocycles. The molecule has 3 rings (SSSR count). The summed E-state index contributed by atoms with van der Waals surface area (Å²) in [6.07, 6.45) is 0.542. The first-order valence-electron chi connectivity index (χ1n) is 8.43. The minimum atomic E-state index is -0.388. The van der Waals surface area contributed by atoms with Crippen LogP contribution in [0.2, 0.25) is 0 Å². The highest BCUT2D eigenvalue weighted by atomic mass is 16.6. The fourth-order valence-electron chi connectivity index (χ4n) is 3.24. The van der Waals surface area contributed by atoms with E-state index in [4.69, 9.17) is 4.74 Å². The molecule has 1 amide bonds. The van der Waals surface area contributed by atoms with Crippen LogP contribution in [-0.4, -0.2) is 35.0 Å². The summed E-state index contributed by atoms with van der Waals surface area (Å²) < 4.78 is 5.17. The molecule has 2 aromatic rings. The van der Waals surface area contributed by atoms with Gasteiger partial charge in [-0.2, -0.15) is 0 Å². The number of hydrogen-bond acceptors (Lipinski definition) is 4. The molecular weight excluding hydrogens is 318 g/mol. The molecule has 5 heteroatoms. The zero-order valence-corrected chi connectivity index (χ0v) is 14.1. The highest BCUT2D eigenvalue weighted by Crippen LogP contribution is 2.33. The Balaban J connectivity index is 1.89. The monoisotopic (exact) mass is 339 g/mol. The van der Waals surface area contributed by atoms with Gasteiger partial charge in [-0.05, 0) is 48.7 Å². The highest BCUT2D eigenvalue weighted by Gasteiger charge is 2.33. The van der Waals surface area contributed by atoms with Crippen LogP contribution in [0.5, 0.6) is 5.75 Å². The van der Waals surface area contributed by atoms with Crippen molar-refractivity contribution in [3.05, 3.63) is 65.2 Å². The lowest BCUT2D eigenvalue weighted by molar-refractivity contribution is 0.0770. The Morgan fingerprint density at radius 2 is 1.88 bits per heavy atom. The lowest BCUT2D eigenvalue weighted by Gasteiger charge is -2.36. The van der Waals surface area contributed by atoms with Crippen molar-refractivity contribution in [3.8, 4) is 5.75 Å². The molecule has 1 aliphatic rings. The number of Topliss-reactive ketones (excluding diaryl/α,β-unsaturated/α-hetero) is 1. The van der Waals surface area contributed by atoms with Gasteiger partial charge in [0.25, 0.3) is 0 Å². The lowest BCUT2D eigenvalue weighted by Crippen LogP contribution is -2.41. The van der Waals surface area contributed by atoms with E-state index in [2.05, 4.69) is 0 Å². The van der Waals surface area contributed by atoms with Gasteiger partial charge in [0, 0.05) is 18.5 Å². The van der Waals surface area contributed by atoms with Crippen molar-refractivity contribution in [2.24, 2.45) is 0 Å². The number of ketones is 1. The third kappa shape index (κ3) is 3.65. The van der Waals surface area contributed by atoms with Crippen LogP contribution in [0, 0.1) is 0 Å². The minimum absolute atomic E-state index is 0.0731. The van der Waals surface area contributed by atoms with E-state index in [1.165, 1.54) is 12.1 Å². The molecule has 0 aliphatic carbocycles. The van der Waals surface area contributed by atoms with E-state index < -0.39 is 0 Å². The summed E-state index contributed by atoms with van der Waals surface area (Å²) in [7, 11) is 0. The summed E-state index contributed by atoms with van der Waals surface area (Å²) in [5, 5.41) is 9.38. The fourth-order valence-corrected chi connectivity index (χ4v) is 3.24. The van der Waals surface area contributed by atoms with E-state index in [9.17, 15) is 14.7 Å². The molecule has 0 fully saturated rings. The van der Waals surface area contributed by atoms with Gasteiger partial charge in [-0.15, -0.1) is 0 Å². The smallest absolute Gasteiger partial charge is 0.410 e. The fraction of sp³-hybridized carbons (Fsp3) is 0.300. The molecule has 25 heavy (non-hydrogen) atoms. The van der Waals surface area contributed by atoms with Crippen molar-refractivity contribution in [1.82, 2.24) is 4.90 Å². The van der Waals surface area contributed by atoms with Gasteiger partial charge in [-0.1, -0.05) is 24.3 Å². The number of carbonyl (C=O) groups is 2. The molecule has 1 aliphatic heterocycles. The summed E-state index contributed by atoms with van der Waals surface area (Å²) in [6.45, 7) is 2.60. The second-order valence-electron chi connectivity index (χ2n) is 6.03. The van der Waals surface area contributed by atoms with Crippen molar-refractivity contribution in [1.29, 1.82) is 0 Å². The van der Waals surface area contributed by atoms with Gasteiger partial charge in [-0.25, -0.2) is 4.79 Å². The Hall–Kier alpha value is -2.82. The molecule has 2 aromatic carbocycles. The maximum Gasteiger partial charge on any atom is 0.410 e. The van der Waals surface area contributed by atoms with Crippen LogP contribution < -0.4 is 0 Å². The molecule has 1 atom stereocenters. The zero-order valence-electron chi connectivity index (χ0n) is 14.1. The summed E-state index contributed by atoms with van der Waals surface area (Å²) >= 11 is 0. The Labute approximate surface area is 146 Å². The molecular formula is C20H21NO4. The minimum Gasteiger partial charge on any atom is -0.508 e. The number of phenolic OH excluding ortho intramolecular Hbond substituents is 1. The molecule has 1 unspecified atom stereocenters. The number of benzene rings is 2. The first-order chi connectivity index (χ1) is 12.1. The lowest BCUT2D eigenvalue weighted by atomic mass is 9.89. The van der Waals surface area contributed by atoms with Gasteiger partial charge in [-0.3, -0.25) is 4.79 Å². The molecule has 0 spiro atoms. The quantitative estimate of drug-likeness (QED) is 0.862. The van der Waals surface area contributed by atoms with Gasteiger partial charge >= 0.3 is 6.09 Å². The topological polar surface area (TPSA) is 66.8 Å². The summed E-state index contributed by atoms with van der Waals surface area (Å²) in [6, 6.07) is 13.7. The number of carbonyl (C=O) groups excluding carboxylic acids is 2. The molecule has 5 nitrogen and oxygen atoms in total. The molecule has 130 valence electrons. The average molecular weight is 339 g/mol. The number of phenols is 1. The Bertz CT molecular complexity index is 770. The van der Waals surface area contributed by atoms with Crippen LogP contribution in [0.1, 0.15) is 40.9 Å². The van der Waals surface area contributed by atoms with Crippen molar-refractivity contribution in [2.45, 2.75) is 25.8 Å². The van der Waals surface area contributed by atoms with E-state index in [1.54, 1.807) is 24.0 Å². The largest absolute Gasteiger partial charge is 0.508 e. The van der Waals surface area contributed by atoms with Crippen LogP contribution in [0.4, 0.5) is 4.79 Å². The number of hydrogen-bond donors (Lipinski definition) is 1. The molecule has 0 saturated carbocycles. The first kappa shape index (κ1) is 17.0. The number of rotatable bonds is 4. The van der Waals surface area contributed by atoms with Crippen LogP contribution in [0.25, 0.3) is 0 Å². The van der Waals surface area contributed by atoms with Crippen molar-refractivity contribution in [3.63, 3.8) is 0 Å². The van der Waals surface area contributed by atoms with Crippen molar-refractivity contribution >= 4 is 11.9 Å². The van der Waals surface area contributed by atoms with Crippen LogP contribution in [-0.2, 0) is 11.2 Å². The molecule has 0 radical (unpaired) electrons. The average Bonchev–Trinajstić information content (AvgIpc) is 2.62. The van der Waals surface area contributed by atoms with E-state index in [0.29, 0.717) is 18.7 Å². The number of fused-ring (bicyclic) bond motifs is 1. The highest BCUT2D eigenvalue weighted by molar-refractivity contribution is 5.96. The maximum absolute atomic E-state index is 12.7. The second-order valence-corrected chi connectivity index (χ2v) is 6.03. The predicted molar refractivity (Wildman–Crippen MR) is 93.7 cm³/mol. The Morgan fingerprint density at radius 3 is 2.60 bits per heavy atom. The number of ether oxygens (including phenoxy) is 1. The van der Waals surface area contributed by atoms with Crippen LogP contribution >= 0.6 is 0 Å². The van der Waals surface area contributed by atoms with Crippen molar-refractivity contribution < 1.29 is 19.4 Å². The summed E-state index contributed by atoms with van der Waals surface area (Å²) in [5.74, 6) is 0.0451. The van der Waals surface area contributed by atoms with E-state index in [0.717, 1.165) is 17.5 Å². The molecule has 1 N–H and O–H groups in total. The van der Waals surface area contributed by atoms with E-state index in [-0.39, 0.29) is 30.1 Å². The molecule has 0 bridgehead atoms. The number of nitrogens with zero attached hydrogens (tertiary/aromatic N) is 1. The van der Waals surface area contributed by atoms with Crippen LogP contribution in [0.15, 0.2) is 48.5 Å². The summed E-state index contributed by atoms with van der Waals surface area (Å²) in [4.78, 5) is 26.7. The van der Waals surface area contributed by atoms with E-state index in [1.807, 2.05) is 24.3 Å². The number of amides is 1. The van der Waals surface area contributed by atoms with Crippen LogP contribution in [0.3, 0.4) is 0 Å². The molecule has 1 heterocycles. The van der Waals surface area contributed by atoms with Gasteiger partial charge < -0.3 is 14.7 Å². The van der Waals surface area contributed by atoms with Crippen molar-refractivity contribution in [2.75, 3.05) is 13.2 Å². The Kier molecular flexibility index (Phi) is 5.03. The van der Waals surface area contributed by atoms with Gasteiger partial charge in [0.1, 0.15) is 5.75 Å². The molecule has 0 saturated heterocycles. The third-order valence-corrected chi connectivity index (χ3v) is 4.48. The predicted octanol–water partition coefficient (Wildman–Crippen LogP) is 3.72. The maximum atomic E-state index is 12.7. The Morgan fingerprint density at radius 1 is 1.16 bits per heavy atom. The van der Waals surface area contributed by atoms with Gasteiger partial charge in [0.15, 0.2) is 5.78 Å². The van der Waals surface area contributed by atoms with E-state index >= 15 is 0 Å². The number of aromatic hydroxyl groups is 1. The second kappa shape index (κ2) is 7.38. The normalized spacial score (nSPS) is 16.2. The summed E-state index contributed by atoms with van der Waals surface area (Å²) in [5.41, 5.74) is 2.67. The zero-order chi connectivity index (χ0) is 17.8. The third-order valence-electron chi connectivity index (χ3n) is 4.48. The van der Waals surface area contributed by atoms with Gasteiger partial charge in [0.05, 0.1) is 12.6 Å². The SMILES string of the molecule is CCOC(=O)N1CCc2ccccc2C1CC(=O)c1ccc(O)cc1.